The van der Waals surface area contributed by atoms with Crippen LogP contribution in [0.2, 0.25) is 0 Å². The highest BCUT2D eigenvalue weighted by Crippen LogP contribution is 2.28. The van der Waals surface area contributed by atoms with Crippen molar-refractivity contribution in [2.75, 3.05) is 39.8 Å². The van der Waals surface area contributed by atoms with Gasteiger partial charge in [0.15, 0.2) is 11.5 Å². The van der Waals surface area contributed by atoms with Crippen molar-refractivity contribution in [3.8, 4) is 11.5 Å². The Kier molecular flexibility index (Phi) is 8.66. The number of carboxylic acid groups (broad SMARTS) is 1. The number of benzene rings is 2. The molecule has 0 fully saturated rings. The molecule has 0 aliphatic carbocycles. The van der Waals surface area contributed by atoms with E-state index in [1.807, 2.05) is 12.1 Å². The van der Waals surface area contributed by atoms with Gasteiger partial charge >= 0.3 is 5.97 Å². The molecule has 0 saturated heterocycles. The average Bonchev–Trinajstić information content (AvgIpc) is 2.73. The Hall–Kier alpha value is -2.82. The van der Waals surface area contributed by atoms with Gasteiger partial charge < -0.3 is 24.6 Å². The maximum Gasteiger partial charge on any atom is 0.337 e. The molecule has 31 heavy (non-hydrogen) atoms. The van der Waals surface area contributed by atoms with Crippen LogP contribution in [0.4, 0.5) is 5.69 Å². The number of hydrogen-bond acceptors (Lipinski definition) is 7. The van der Waals surface area contributed by atoms with Crippen molar-refractivity contribution in [3.63, 3.8) is 0 Å². The Morgan fingerprint density at radius 2 is 1.77 bits per heavy atom. The molecular formula is C21H28N2O7S. The number of carbonyl (C=O) groups is 1. The minimum absolute atomic E-state index is 0.127. The number of nitrogens with one attached hydrogen (secondary N) is 2. The highest BCUT2D eigenvalue weighted by Gasteiger charge is 2.21. The van der Waals surface area contributed by atoms with Crippen LogP contribution in [0.3, 0.4) is 0 Å². The molecule has 3 N–H and O–H groups in total. The largest absolute Gasteiger partial charge is 0.493 e. The third kappa shape index (κ3) is 6.58. The number of carboxylic acids is 1. The first kappa shape index (κ1) is 24.4. The fourth-order valence-electron chi connectivity index (χ4n) is 3.02. The summed E-state index contributed by atoms with van der Waals surface area (Å²) < 4.78 is 42.9. The monoisotopic (exact) mass is 452 g/mol. The van der Waals surface area contributed by atoms with Crippen LogP contribution < -0.4 is 19.5 Å². The Labute approximate surface area is 182 Å². The summed E-state index contributed by atoms with van der Waals surface area (Å²) >= 11 is 0. The van der Waals surface area contributed by atoms with Gasteiger partial charge in [0.05, 0.1) is 31.3 Å². The lowest BCUT2D eigenvalue weighted by atomic mass is 10.1. The summed E-state index contributed by atoms with van der Waals surface area (Å²) in [6.45, 7) is 2.29. The molecule has 0 heterocycles. The molecule has 1 atom stereocenters. The quantitative estimate of drug-likeness (QED) is 0.449. The van der Waals surface area contributed by atoms with Gasteiger partial charge in [-0.15, -0.1) is 0 Å². The number of sulfonamides is 1. The van der Waals surface area contributed by atoms with E-state index < -0.39 is 22.0 Å². The number of anilines is 1. The number of ether oxygens (including phenoxy) is 3. The van der Waals surface area contributed by atoms with Gasteiger partial charge in [0, 0.05) is 25.4 Å². The highest BCUT2D eigenvalue weighted by atomic mass is 32.2. The lowest BCUT2D eigenvalue weighted by Gasteiger charge is -2.15. The van der Waals surface area contributed by atoms with Crippen LogP contribution in [-0.2, 0) is 21.2 Å². The van der Waals surface area contributed by atoms with E-state index in [0.717, 1.165) is 11.6 Å². The van der Waals surface area contributed by atoms with E-state index in [9.17, 15) is 18.3 Å². The van der Waals surface area contributed by atoms with E-state index in [0.29, 0.717) is 30.2 Å². The summed E-state index contributed by atoms with van der Waals surface area (Å²) in [7, 11) is 0.704. The number of methoxy groups -OCH3 is 3. The van der Waals surface area contributed by atoms with Crippen molar-refractivity contribution in [1.82, 2.24) is 4.72 Å². The summed E-state index contributed by atoms with van der Waals surface area (Å²) in [5.41, 5.74) is 1.17. The van der Waals surface area contributed by atoms with Gasteiger partial charge in [0.1, 0.15) is 0 Å². The van der Waals surface area contributed by atoms with Crippen molar-refractivity contribution in [2.24, 2.45) is 0 Å². The van der Waals surface area contributed by atoms with Crippen molar-refractivity contribution in [1.29, 1.82) is 0 Å². The van der Waals surface area contributed by atoms with E-state index in [2.05, 4.69) is 10.0 Å². The minimum atomic E-state index is -3.88. The molecule has 2 rings (SSSR count). The summed E-state index contributed by atoms with van der Waals surface area (Å²) in [6.07, 6.45) is 0.593. The Balaban J connectivity index is 2.14. The molecule has 170 valence electrons. The van der Waals surface area contributed by atoms with Crippen molar-refractivity contribution < 1.29 is 32.5 Å². The lowest BCUT2D eigenvalue weighted by Crippen LogP contribution is -2.35. The maximum absolute atomic E-state index is 12.5. The molecule has 10 heteroatoms. The van der Waals surface area contributed by atoms with E-state index in [1.54, 1.807) is 27.2 Å². The van der Waals surface area contributed by atoms with Crippen molar-refractivity contribution in [2.45, 2.75) is 24.3 Å². The smallest absolute Gasteiger partial charge is 0.337 e. The van der Waals surface area contributed by atoms with E-state index >= 15 is 0 Å². The third-order valence-corrected chi connectivity index (χ3v) is 6.07. The number of rotatable bonds is 12. The Morgan fingerprint density at radius 3 is 2.39 bits per heavy atom. The SMILES string of the molecule is COC[C@@H](C)NS(=O)(=O)c1ccc(NCCc2ccc(OC)c(OC)c2)c(C(=O)O)c1. The topological polar surface area (TPSA) is 123 Å². The first-order valence-corrected chi connectivity index (χ1v) is 11.0. The summed E-state index contributed by atoms with van der Waals surface area (Å²) in [5, 5.41) is 12.6. The highest BCUT2D eigenvalue weighted by molar-refractivity contribution is 7.89. The molecule has 0 amide bonds. The average molecular weight is 453 g/mol. The normalized spacial score (nSPS) is 12.3. The molecule has 2 aromatic carbocycles. The second-order valence-electron chi connectivity index (χ2n) is 6.86. The van der Waals surface area contributed by atoms with Gasteiger partial charge in [0.2, 0.25) is 10.0 Å². The predicted octanol–water partition coefficient (Wildman–Crippen LogP) is 2.37. The predicted molar refractivity (Wildman–Crippen MR) is 117 cm³/mol. The summed E-state index contributed by atoms with van der Waals surface area (Å²) in [4.78, 5) is 11.6. The van der Waals surface area contributed by atoms with Crippen LogP contribution in [0.15, 0.2) is 41.3 Å². The number of aromatic carboxylic acids is 1. The van der Waals surface area contributed by atoms with Crippen molar-refractivity contribution >= 4 is 21.7 Å². The Bertz CT molecular complexity index is 1010. The second-order valence-corrected chi connectivity index (χ2v) is 8.57. The van der Waals surface area contributed by atoms with E-state index in [4.69, 9.17) is 14.2 Å². The molecule has 0 spiro atoms. The van der Waals surface area contributed by atoms with Crippen LogP contribution in [0, 0.1) is 0 Å². The van der Waals surface area contributed by atoms with Gasteiger partial charge in [-0.3, -0.25) is 0 Å². The van der Waals surface area contributed by atoms with Crippen LogP contribution in [0.5, 0.6) is 11.5 Å². The molecule has 0 aliphatic rings. The zero-order valence-electron chi connectivity index (χ0n) is 18.0. The number of hydrogen-bond donors (Lipinski definition) is 3. The second kappa shape index (κ2) is 11.0. The zero-order chi connectivity index (χ0) is 23.0. The molecule has 9 nitrogen and oxygen atoms in total. The zero-order valence-corrected chi connectivity index (χ0v) is 18.8. The van der Waals surface area contributed by atoms with Gasteiger partial charge in [0.25, 0.3) is 0 Å². The first-order valence-electron chi connectivity index (χ1n) is 9.55. The summed E-state index contributed by atoms with van der Waals surface area (Å²) in [6, 6.07) is 9.05. The van der Waals surface area contributed by atoms with Gasteiger partial charge in [-0.25, -0.2) is 17.9 Å². The molecular weight excluding hydrogens is 424 g/mol. The fraction of sp³-hybridized carbons (Fsp3) is 0.381. The van der Waals surface area contributed by atoms with Gasteiger partial charge in [-0.2, -0.15) is 0 Å². The van der Waals surface area contributed by atoms with Crippen LogP contribution >= 0.6 is 0 Å². The molecule has 0 saturated carbocycles. The molecule has 2 aromatic rings. The molecule has 0 unspecified atom stereocenters. The molecule has 0 aliphatic heterocycles. The maximum atomic E-state index is 12.5. The summed E-state index contributed by atoms with van der Waals surface area (Å²) in [5.74, 6) is 0.00388. The lowest BCUT2D eigenvalue weighted by molar-refractivity contribution is 0.0697. The van der Waals surface area contributed by atoms with E-state index in [-0.39, 0.29) is 17.1 Å². The van der Waals surface area contributed by atoms with Crippen LogP contribution in [0.1, 0.15) is 22.8 Å². The molecule has 0 radical (unpaired) electrons. The van der Waals surface area contributed by atoms with Gasteiger partial charge in [-0.1, -0.05) is 6.07 Å². The van der Waals surface area contributed by atoms with Crippen molar-refractivity contribution in [3.05, 3.63) is 47.5 Å². The first-order chi connectivity index (χ1) is 14.7. The van der Waals surface area contributed by atoms with Crippen LogP contribution in [-0.4, -0.2) is 60.0 Å². The van der Waals surface area contributed by atoms with E-state index in [1.165, 1.54) is 19.2 Å². The molecule has 0 bridgehead atoms. The van der Waals surface area contributed by atoms with Crippen LogP contribution in [0.25, 0.3) is 0 Å². The fourth-order valence-corrected chi connectivity index (χ4v) is 4.27. The molecule has 0 aromatic heterocycles. The van der Waals surface area contributed by atoms with Gasteiger partial charge in [-0.05, 0) is 49.2 Å². The standard InChI is InChI=1S/C21H28N2O7S/c1-14(13-28-2)23-31(26,27)16-6-7-18(17(12-16)21(24)25)22-10-9-15-5-8-19(29-3)20(11-15)30-4/h5-8,11-12,14,22-23H,9-10,13H2,1-4H3,(H,24,25)/t14-/m1/s1. The third-order valence-electron chi connectivity index (χ3n) is 4.48. The minimum Gasteiger partial charge on any atom is -0.493 e. The Morgan fingerprint density at radius 1 is 1.06 bits per heavy atom.